The highest BCUT2D eigenvalue weighted by atomic mass is 16.5. The molecule has 0 aliphatic heterocycles. The Kier molecular flexibility index (Phi) is 3.78. The summed E-state index contributed by atoms with van der Waals surface area (Å²) in [5.41, 5.74) is 6.48. The lowest BCUT2D eigenvalue weighted by Gasteiger charge is -1.99. The van der Waals surface area contributed by atoms with E-state index in [0.29, 0.717) is 30.3 Å². The normalized spacial score (nSPS) is 10.7. The molecule has 6 nitrogen and oxygen atoms in total. The minimum Gasteiger partial charge on any atom is -0.507 e. The van der Waals surface area contributed by atoms with Gasteiger partial charge in [-0.1, -0.05) is 12.1 Å². The van der Waals surface area contributed by atoms with Crippen LogP contribution in [0.1, 0.15) is 19.2 Å². The zero-order chi connectivity index (χ0) is 13.0. The Morgan fingerprint density at radius 2 is 2.28 bits per heavy atom. The van der Waals surface area contributed by atoms with Gasteiger partial charge in [0.2, 0.25) is 0 Å². The highest BCUT2D eigenvalue weighted by Gasteiger charge is 2.12. The fraction of sp³-hybridized carbons (Fsp3) is 0.333. The second kappa shape index (κ2) is 5.50. The number of ether oxygens (including phenoxy) is 1. The van der Waals surface area contributed by atoms with Crippen molar-refractivity contribution in [2.45, 2.75) is 20.0 Å². The number of aromatic hydroxyl groups is 1. The van der Waals surface area contributed by atoms with Crippen LogP contribution in [-0.2, 0) is 11.3 Å². The standard InChI is InChI=1S/C12H15N3O3/c1-2-5-17-7-11-14-12(18-15-11)9-4-3-8(13)6-10(9)16/h3-4,6,16H,2,5,7,13H2,1H3. The average molecular weight is 249 g/mol. The van der Waals surface area contributed by atoms with E-state index in [0.717, 1.165) is 6.42 Å². The van der Waals surface area contributed by atoms with Crippen molar-refractivity contribution in [3.8, 4) is 17.2 Å². The summed E-state index contributed by atoms with van der Waals surface area (Å²) in [6, 6.07) is 4.73. The monoisotopic (exact) mass is 249 g/mol. The van der Waals surface area contributed by atoms with Crippen LogP contribution >= 0.6 is 0 Å². The zero-order valence-electron chi connectivity index (χ0n) is 10.1. The van der Waals surface area contributed by atoms with Crippen molar-refractivity contribution in [1.82, 2.24) is 10.1 Å². The third-order valence-electron chi connectivity index (χ3n) is 2.30. The van der Waals surface area contributed by atoms with Crippen molar-refractivity contribution < 1.29 is 14.4 Å². The van der Waals surface area contributed by atoms with Crippen LogP contribution in [0.2, 0.25) is 0 Å². The fourth-order valence-corrected chi connectivity index (χ4v) is 1.46. The van der Waals surface area contributed by atoms with Crippen molar-refractivity contribution in [1.29, 1.82) is 0 Å². The smallest absolute Gasteiger partial charge is 0.261 e. The molecule has 0 aliphatic rings. The van der Waals surface area contributed by atoms with Crippen molar-refractivity contribution >= 4 is 5.69 Å². The summed E-state index contributed by atoms with van der Waals surface area (Å²) in [6.45, 7) is 2.97. The van der Waals surface area contributed by atoms with Gasteiger partial charge < -0.3 is 20.1 Å². The number of anilines is 1. The minimum absolute atomic E-state index is 0.0136. The van der Waals surface area contributed by atoms with Crippen LogP contribution in [-0.4, -0.2) is 21.9 Å². The van der Waals surface area contributed by atoms with E-state index >= 15 is 0 Å². The molecule has 0 saturated carbocycles. The van der Waals surface area contributed by atoms with Gasteiger partial charge in [0.05, 0.1) is 5.56 Å². The molecule has 0 unspecified atom stereocenters. The second-order valence-corrected chi connectivity index (χ2v) is 3.84. The molecule has 0 amide bonds. The molecule has 0 bridgehead atoms. The predicted octanol–water partition coefficient (Wildman–Crippen LogP) is 1.95. The van der Waals surface area contributed by atoms with E-state index in [4.69, 9.17) is 15.0 Å². The Morgan fingerprint density at radius 1 is 1.44 bits per heavy atom. The van der Waals surface area contributed by atoms with Gasteiger partial charge in [-0.05, 0) is 18.6 Å². The summed E-state index contributed by atoms with van der Waals surface area (Å²) in [6.07, 6.45) is 0.934. The Morgan fingerprint density at radius 3 is 3.00 bits per heavy atom. The van der Waals surface area contributed by atoms with Crippen LogP contribution in [0, 0.1) is 0 Å². The molecule has 96 valence electrons. The molecule has 0 saturated heterocycles. The lowest BCUT2D eigenvalue weighted by atomic mass is 10.2. The Labute approximate surface area is 104 Å². The van der Waals surface area contributed by atoms with E-state index in [9.17, 15) is 5.11 Å². The number of nitrogens with zero attached hydrogens (tertiary/aromatic N) is 2. The number of aromatic nitrogens is 2. The van der Waals surface area contributed by atoms with Crippen LogP contribution in [0.4, 0.5) is 5.69 Å². The van der Waals surface area contributed by atoms with E-state index in [1.165, 1.54) is 6.07 Å². The van der Waals surface area contributed by atoms with Gasteiger partial charge in [-0.2, -0.15) is 4.98 Å². The second-order valence-electron chi connectivity index (χ2n) is 3.84. The van der Waals surface area contributed by atoms with Crippen LogP contribution in [0.3, 0.4) is 0 Å². The summed E-state index contributed by atoms with van der Waals surface area (Å²) < 4.78 is 10.4. The van der Waals surface area contributed by atoms with Crippen molar-refractivity contribution in [3.05, 3.63) is 24.0 Å². The quantitative estimate of drug-likeness (QED) is 0.621. The van der Waals surface area contributed by atoms with Gasteiger partial charge in [0, 0.05) is 18.4 Å². The van der Waals surface area contributed by atoms with Crippen molar-refractivity contribution in [3.63, 3.8) is 0 Å². The molecule has 2 rings (SSSR count). The van der Waals surface area contributed by atoms with Gasteiger partial charge in [-0.25, -0.2) is 0 Å². The van der Waals surface area contributed by atoms with E-state index in [1.807, 2.05) is 6.92 Å². The van der Waals surface area contributed by atoms with Gasteiger partial charge >= 0.3 is 0 Å². The first-order valence-corrected chi connectivity index (χ1v) is 5.70. The molecule has 0 radical (unpaired) electrons. The van der Waals surface area contributed by atoms with Gasteiger partial charge in [0.1, 0.15) is 12.4 Å². The third kappa shape index (κ3) is 2.78. The number of benzene rings is 1. The number of hydrogen-bond acceptors (Lipinski definition) is 6. The first kappa shape index (κ1) is 12.4. The number of phenols is 1. The lowest BCUT2D eigenvalue weighted by molar-refractivity contribution is 0.114. The third-order valence-corrected chi connectivity index (χ3v) is 2.30. The Bertz CT molecular complexity index is 525. The van der Waals surface area contributed by atoms with Crippen molar-refractivity contribution in [2.24, 2.45) is 0 Å². The predicted molar refractivity (Wildman–Crippen MR) is 65.8 cm³/mol. The first-order valence-electron chi connectivity index (χ1n) is 5.70. The summed E-state index contributed by atoms with van der Waals surface area (Å²) in [7, 11) is 0. The molecular weight excluding hydrogens is 234 g/mol. The maximum absolute atomic E-state index is 9.73. The number of rotatable bonds is 5. The highest BCUT2D eigenvalue weighted by Crippen LogP contribution is 2.29. The van der Waals surface area contributed by atoms with E-state index in [-0.39, 0.29) is 11.6 Å². The summed E-state index contributed by atoms with van der Waals surface area (Å²) >= 11 is 0. The largest absolute Gasteiger partial charge is 0.507 e. The summed E-state index contributed by atoms with van der Waals surface area (Å²) in [4.78, 5) is 4.14. The number of nitrogens with two attached hydrogens (primary N) is 1. The van der Waals surface area contributed by atoms with Crippen LogP contribution < -0.4 is 5.73 Å². The highest BCUT2D eigenvalue weighted by molar-refractivity contribution is 5.66. The molecule has 18 heavy (non-hydrogen) atoms. The molecule has 0 atom stereocenters. The van der Waals surface area contributed by atoms with Gasteiger partial charge in [-0.15, -0.1) is 0 Å². The average Bonchev–Trinajstić information content (AvgIpc) is 2.78. The van der Waals surface area contributed by atoms with Gasteiger partial charge in [-0.3, -0.25) is 0 Å². The first-order chi connectivity index (χ1) is 8.70. The zero-order valence-corrected chi connectivity index (χ0v) is 10.1. The van der Waals surface area contributed by atoms with Crippen LogP contribution in [0.15, 0.2) is 22.7 Å². The Balaban J connectivity index is 2.13. The minimum atomic E-state index is 0.0136. The molecule has 0 spiro atoms. The fourth-order valence-electron chi connectivity index (χ4n) is 1.46. The number of nitrogen functional groups attached to an aromatic ring is 1. The maximum atomic E-state index is 9.73. The SMILES string of the molecule is CCCOCc1noc(-c2ccc(N)cc2O)n1. The maximum Gasteiger partial charge on any atom is 0.261 e. The molecular formula is C12H15N3O3. The lowest BCUT2D eigenvalue weighted by Crippen LogP contribution is -1.95. The molecule has 1 aromatic heterocycles. The van der Waals surface area contributed by atoms with Gasteiger partial charge in [0.15, 0.2) is 5.82 Å². The summed E-state index contributed by atoms with van der Waals surface area (Å²) in [5, 5.41) is 13.5. The molecule has 0 aliphatic carbocycles. The van der Waals surface area contributed by atoms with E-state index < -0.39 is 0 Å². The Hall–Kier alpha value is -2.08. The summed E-state index contributed by atoms with van der Waals surface area (Å²) in [5.74, 6) is 0.719. The molecule has 1 aromatic carbocycles. The van der Waals surface area contributed by atoms with E-state index in [1.54, 1.807) is 12.1 Å². The van der Waals surface area contributed by atoms with Crippen molar-refractivity contribution in [2.75, 3.05) is 12.3 Å². The van der Waals surface area contributed by atoms with Gasteiger partial charge in [0.25, 0.3) is 5.89 Å². The molecule has 1 heterocycles. The topological polar surface area (TPSA) is 94.4 Å². The van der Waals surface area contributed by atoms with Crippen LogP contribution in [0.5, 0.6) is 5.75 Å². The number of hydrogen-bond donors (Lipinski definition) is 2. The molecule has 2 aromatic rings. The molecule has 3 N–H and O–H groups in total. The molecule has 0 fully saturated rings. The van der Waals surface area contributed by atoms with Crippen LogP contribution in [0.25, 0.3) is 11.5 Å². The number of phenolic OH excluding ortho intramolecular Hbond substituents is 1. The molecule has 6 heteroatoms. The van der Waals surface area contributed by atoms with E-state index in [2.05, 4.69) is 10.1 Å².